The van der Waals surface area contributed by atoms with E-state index in [2.05, 4.69) is 15.3 Å². The minimum absolute atomic E-state index is 0.0737. The van der Waals surface area contributed by atoms with Gasteiger partial charge in [-0.15, -0.1) is 0 Å². The van der Waals surface area contributed by atoms with Crippen LogP contribution in [0.3, 0.4) is 0 Å². The summed E-state index contributed by atoms with van der Waals surface area (Å²) in [6.07, 6.45) is -3.90. The van der Waals surface area contributed by atoms with Crippen molar-refractivity contribution in [2.75, 3.05) is 39.8 Å². The van der Waals surface area contributed by atoms with E-state index >= 15 is 22.0 Å². The highest BCUT2D eigenvalue weighted by Crippen LogP contribution is 2.55. The van der Waals surface area contributed by atoms with Crippen molar-refractivity contribution in [2.24, 2.45) is 17.1 Å². The van der Waals surface area contributed by atoms with E-state index in [0.717, 1.165) is 18.9 Å². The Bertz CT molecular complexity index is 1550. The molecule has 4 aliphatic rings. The third-order valence-corrected chi connectivity index (χ3v) is 10.2. The molecule has 3 fully saturated rings. The standard InChI is InChI=1S/C31H37F6N7O/c1-28(15-43(3)9-8-22(28)32)16-45-27-40-11-17-4-7-20(24(33)25(17)42-27)23-21(10-38)30(34,39)14-29(2,26(23)31(35,36)37)44-12-18-5-6-19(13-44)41-18/h4,7,11,18-19,21-22,41H,5-6,8-9,12-16,39H2,1-3H3/t18-,19+,21?,22-,28+,29?,30?/m1/s1. The Labute approximate surface area is 257 Å². The molecule has 0 spiro atoms. The fraction of sp³-hybridized carbons (Fsp3) is 0.645. The van der Waals surface area contributed by atoms with Gasteiger partial charge in [-0.2, -0.15) is 23.4 Å². The van der Waals surface area contributed by atoms with Crippen molar-refractivity contribution in [3.05, 3.63) is 35.3 Å². The quantitative estimate of drug-likeness (QED) is 0.365. The number of nitriles is 1. The minimum Gasteiger partial charge on any atom is -0.463 e. The fourth-order valence-corrected chi connectivity index (χ4v) is 7.95. The van der Waals surface area contributed by atoms with E-state index in [0.29, 0.717) is 19.5 Å². The maximum Gasteiger partial charge on any atom is 0.414 e. The third-order valence-electron chi connectivity index (χ3n) is 10.2. The van der Waals surface area contributed by atoms with Gasteiger partial charge in [-0.3, -0.25) is 10.6 Å². The molecule has 0 amide bonds. The van der Waals surface area contributed by atoms with Gasteiger partial charge in [-0.25, -0.2) is 18.2 Å². The second kappa shape index (κ2) is 11.1. The highest BCUT2D eigenvalue weighted by atomic mass is 19.4. The number of hydrogen-bond acceptors (Lipinski definition) is 8. The van der Waals surface area contributed by atoms with Gasteiger partial charge in [0, 0.05) is 67.2 Å². The molecule has 0 saturated carbocycles. The fourth-order valence-electron chi connectivity index (χ4n) is 7.95. The molecule has 1 aliphatic carbocycles. The Hall–Kier alpha value is -2.99. The monoisotopic (exact) mass is 637 g/mol. The lowest BCUT2D eigenvalue weighted by Crippen LogP contribution is -2.66. The van der Waals surface area contributed by atoms with Crippen molar-refractivity contribution in [2.45, 2.75) is 75.3 Å². The Morgan fingerprint density at radius 1 is 1.18 bits per heavy atom. The number of benzene rings is 1. The summed E-state index contributed by atoms with van der Waals surface area (Å²) in [5.74, 6) is -6.20. The molecule has 3 aliphatic heterocycles. The summed E-state index contributed by atoms with van der Waals surface area (Å²) < 4.78 is 98.9. The van der Waals surface area contributed by atoms with Crippen LogP contribution in [0.15, 0.2) is 23.9 Å². The molecule has 3 N–H and O–H groups in total. The highest BCUT2D eigenvalue weighted by Gasteiger charge is 2.62. The summed E-state index contributed by atoms with van der Waals surface area (Å²) in [6.45, 7) is 4.32. The van der Waals surface area contributed by atoms with E-state index in [1.54, 1.807) is 17.9 Å². The molecule has 1 aromatic heterocycles. The first-order valence-corrected chi connectivity index (χ1v) is 15.2. The summed E-state index contributed by atoms with van der Waals surface area (Å²) >= 11 is 0. The topological polar surface area (TPSA) is 103 Å². The largest absolute Gasteiger partial charge is 0.463 e. The number of piperidine rings is 1. The van der Waals surface area contributed by atoms with Gasteiger partial charge in [-0.1, -0.05) is 19.1 Å². The summed E-state index contributed by atoms with van der Waals surface area (Å²) in [7, 11) is 1.86. The molecule has 2 aromatic rings. The first-order valence-electron chi connectivity index (χ1n) is 15.2. The van der Waals surface area contributed by atoms with Crippen LogP contribution in [0.2, 0.25) is 0 Å². The number of alkyl halides is 5. The van der Waals surface area contributed by atoms with Gasteiger partial charge in [0.25, 0.3) is 0 Å². The van der Waals surface area contributed by atoms with Crippen LogP contribution < -0.4 is 15.8 Å². The smallest absolute Gasteiger partial charge is 0.414 e. The van der Waals surface area contributed by atoms with Crippen molar-refractivity contribution in [3.8, 4) is 12.1 Å². The van der Waals surface area contributed by atoms with Crippen LogP contribution >= 0.6 is 0 Å². The van der Waals surface area contributed by atoms with Crippen molar-refractivity contribution >= 4 is 16.5 Å². The predicted molar refractivity (Wildman–Crippen MR) is 155 cm³/mol. The normalized spacial score (nSPS) is 36.4. The number of nitrogens with zero attached hydrogens (tertiary/aromatic N) is 5. The number of fused-ring (bicyclic) bond motifs is 3. The van der Waals surface area contributed by atoms with E-state index < -0.39 is 64.0 Å². The van der Waals surface area contributed by atoms with E-state index in [1.807, 2.05) is 11.9 Å². The molecular weight excluding hydrogens is 600 g/mol. The predicted octanol–water partition coefficient (Wildman–Crippen LogP) is 4.51. The summed E-state index contributed by atoms with van der Waals surface area (Å²) in [5.41, 5.74) is 0.134. The number of nitrogens with one attached hydrogen (secondary N) is 1. The maximum atomic E-state index is 16.5. The van der Waals surface area contributed by atoms with Gasteiger partial charge in [0.15, 0.2) is 11.6 Å². The molecule has 7 atom stereocenters. The number of hydrogen-bond donors (Lipinski definition) is 2. The lowest BCUT2D eigenvalue weighted by atomic mass is 9.66. The number of rotatable bonds is 5. The van der Waals surface area contributed by atoms with Crippen molar-refractivity contribution < 1.29 is 31.1 Å². The Morgan fingerprint density at radius 2 is 1.87 bits per heavy atom. The second-order valence-electron chi connectivity index (χ2n) is 13.7. The number of ether oxygens (including phenoxy) is 1. The Kier molecular flexibility index (Phi) is 7.86. The maximum absolute atomic E-state index is 16.5. The molecule has 14 heteroatoms. The number of nitrogens with two attached hydrogens (primary N) is 1. The number of halogens is 6. The van der Waals surface area contributed by atoms with Crippen LogP contribution in [0.4, 0.5) is 26.3 Å². The molecule has 45 heavy (non-hydrogen) atoms. The highest BCUT2D eigenvalue weighted by molar-refractivity contribution is 5.87. The van der Waals surface area contributed by atoms with Gasteiger partial charge in [-0.05, 0) is 38.8 Å². The number of piperazine rings is 1. The molecule has 8 nitrogen and oxygen atoms in total. The minimum atomic E-state index is -5.05. The van der Waals surface area contributed by atoms with Crippen LogP contribution in [0.25, 0.3) is 16.5 Å². The number of aromatic nitrogens is 2. The Balaban J connectivity index is 1.46. The van der Waals surface area contributed by atoms with Crippen LogP contribution in [0.1, 0.15) is 45.1 Å². The van der Waals surface area contributed by atoms with Crippen LogP contribution in [0.5, 0.6) is 6.01 Å². The van der Waals surface area contributed by atoms with Crippen LogP contribution in [-0.4, -0.2) is 95.4 Å². The average Bonchev–Trinajstić information content (AvgIpc) is 3.29. The van der Waals surface area contributed by atoms with E-state index in [4.69, 9.17) is 10.5 Å². The molecule has 244 valence electrons. The molecule has 3 saturated heterocycles. The molecule has 0 radical (unpaired) electrons. The molecular formula is C31H37F6N7O. The second-order valence-corrected chi connectivity index (χ2v) is 13.7. The van der Waals surface area contributed by atoms with Crippen LogP contribution in [-0.2, 0) is 0 Å². The van der Waals surface area contributed by atoms with Gasteiger partial charge in [0.1, 0.15) is 24.2 Å². The zero-order valence-corrected chi connectivity index (χ0v) is 25.4. The molecule has 1 aromatic carbocycles. The SMILES string of the molecule is CN1CC[C@@H](F)[C@](C)(COc2ncc3ccc(C4=C(C(F)(F)F)C(C)(N5C[C@H]6CC[C@@H](C5)N6)CC(N)(F)C4C#N)c(F)c3n2)C1. The molecule has 3 unspecified atom stereocenters. The zero-order valence-electron chi connectivity index (χ0n) is 25.4. The van der Waals surface area contributed by atoms with Crippen molar-refractivity contribution in [1.29, 1.82) is 5.26 Å². The van der Waals surface area contributed by atoms with Gasteiger partial charge >= 0.3 is 12.2 Å². The number of likely N-dealkylation sites (tertiary alicyclic amines) is 2. The third kappa shape index (κ3) is 5.55. The van der Waals surface area contributed by atoms with Crippen molar-refractivity contribution in [3.63, 3.8) is 0 Å². The van der Waals surface area contributed by atoms with Gasteiger partial charge < -0.3 is 15.0 Å². The first kappa shape index (κ1) is 32.0. The lowest BCUT2D eigenvalue weighted by Gasteiger charge is -2.53. The first-order chi connectivity index (χ1) is 21.1. The molecule has 2 bridgehead atoms. The molecule has 4 heterocycles. The van der Waals surface area contributed by atoms with E-state index in [-0.39, 0.29) is 48.7 Å². The van der Waals surface area contributed by atoms with E-state index in [9.17, 15) is 9.65 Å². The average molecular weight is 638 g/mol. The summed E-state index contributed by atoms with van der Waals surface area (Å²) in [4.78, 5) is 11.8. The molecule has 6 rings (SSSR count). The van der Waals surface area contributed by atoms with Gasteiger partial charge in [0.2, 0.25) is 0 Å². The van der Waals surface area contributed by atoms with E-state index in [1.165, 1.54) is 19.2 Å². The summed E-state index contributed by atoms with van der Waals surface area (Å²) in [6, 6.07) is 3.59. The van der Waals surface area contributed by atoms with Crippen molar-refractivity contribution in [1.82, 2.24) is 25.1 Å². The van der Waals surface area contributed by atoms with Gasteiger partial charge in [0.05, 0.1) is 17.2 Å². The van der Waals surface area contributed by atoms with Crippen LogP contribution in [0, 0.1) is 28.5 Å². The lowest BCUT2D eigenvalue weighted by molar-refractivity contribution is -0.122. The Morgan fingerprint density at radius 3 is 2.51 bits per heavy atom. The summed E-state index contributed by atoms with van der Waals surface area (Å²) in [5, 5.41) is 13.5. The zero-order chi connectivity index (χ0) is 32.5.